The van der Waals surface area contributed by atoms with E-state index in [1.54, 1.807) is 37.4 Å². The van der Waals surface area contributed by atoms with E-state index < -0.39 is 6.10 Å². The molecule has 1 N–H and O–H groups in total. The molecule has 4 nitrogen and oxygen atoms in total. The van der Waals surface area contributed by atoms with E-state index in [-0.39, 0.29) is 6.61 Å². The number of ether oxygens (including phenoxy) is 2. The van der Waals surface area contributed by atoms with Crippen LogP contribution in [0.3, 0.4) is 0 Å². The van der Waals surface area contributed by atoms with Crippen molar-refractivity contribution in [3.05, 3.63) is 58.1 Å². The Labute approximate surface area is 131 Å². The summed E-state index contributed by atoms with van der Waals surface area (Å²) in [7, 11) is 1.57. The van der Waals surface area contributed by atoms with Gasteiger partial charge in [0.1, 0.15) is 24.2 Å². The molecule has 2 rings (SSSR count). The van der Waals surface area contributed by atoms with Gasteiger partial charge >= 0.3 is 0 Å². The van der Waals surface area contributed by atoms with E-state index in [0.717, 1.165) is 6.29 Å². The third kappa shape index (κ3) is 4.06. The number of methoxy groups -OCH3 is 1. The van der Waals surface area contributed by atoms with Crippen molar-refractivity contribution < 1.29 is 19.4 Å². The summed E-state index contributed by atoms with van der Waals surface area (Å²) in [5, 5.41) is 10.1. The molecule has 2 aromatic carbocycles. The van der Waals surface area contributed by atoms with Crippen molar-refractivity contribution in [1.82, 2.24) is 0 Å². The first-order valence-corrected chi connectivity index (χ1v) is 7.13. The van der Waals surface area contributed by atoms with Crippen molar-refractivity contribution in [3.63, 3.8) is 0 Å². The molecule has 1 atom stereocenters. The number of hydrogen-bond donors (Lipinski definition) is 1. The summed E-state index contributed by atoms with van der Waals surface area (Å²) >= 11 is 3.27. The maximum atomic E-state index is 10.9. The molecule has 0 bridgehead atoms. The topological polar surface area (TPSA) is 55.8 Å². The molecule has 0 aromatic heterocycles. The van der Waals surface area contributed by atoms with Gasteiger partial charge in [-0.2, -0.15) is 0 Å². The molecule has 0 saturated carbocycles. The molecule has 0 heterocycles. The highest BCUT2D eigenvalue weighted by atomic mass is 79.9. The third-order valence-corrected chi connectivity index (χ3v) is 3.70. The second-order valence-electron chi connectivity index (χ2n) is 4.40. The second kappa shape index (κ2) is 7.24. The highest BCUT2D eigenvalue weighted by Gasteiger charge is 2.10. The SMILES string of the molecule is COc1cccc(C(O)COc2ccc(Br)c(C=O)c2)c1. The van der Waals surface area contributed by atoms with E-state index in [1.807, 2.05) is 12.1 Å². The van der Waals surface area contributed by atoms with E-state index in [9.17, 15) is 9.90 Å². The minimum atomic E-state index is -0.775. The summed E-state index contributed by atoms with van der Waals surface area (Å²) in [6.07, 6.45) is -0.0291. The Balaban J connectivity index is 2.03. The molecule has 0 radical (unpaired) electrons. The fourth-order valence-electron chi connectivity index (χ4n) is 1.82. The number of carbonyl (C=O) groups is 1. The molecule has 0 saturated heterocycles. The summed E-state index contributed by atoms with van der Waals surface area (Å²) < 4.78 is 11.3. The Morgan fingerprint density at radius 2 is 2.05 bits per heavy atom. The number of aliphatic hydroxyl groups is 1. The van der Waals surface area contributed by atoms with Crippen molar-refractivity contribution in [3.8, 4) is 11.5 Å². The van der Waals surface area contributed by atoms with Crippen molar-refractivity contribution in [2.24, 2.45) is 0 Å². The molecule has 5 heteroatoms. The van der Waals surface area contributed by atoms with E-state index in [0.29, 0.717) is 27.1 Å². The quantitative estimate of drug-likeness (QED) is 0.811. The average molecular weight is 351 g/mol. The Morgan fingerprint density at radius 3 is 2.76 bits per heavy atom. The molecule has 2 aromatic rings. The lowest BCUT2D eigenvalue weighted by atomic mass is 10.1. The van der Waals surface area contributed by atoms with Crippen molar-refractivity contribution >= 4 is 22.2 Å². The summed E-state index contributed by atoms with van der Waals surface area (Å²) in [5.74, 6) is 1.21. The van der Waals surface area contributed by atoms with Crippen molar-refractivity contribution in [1.29, 1.82) is 0 Å². The molecule has 0 amide bonds. The van der Waals surface area contributed by atoms with E-state index in [4.69, 9.17) is 9.47 Å². The van der Waals surface area contributed by atoms with Crippen LogP contribution in [0, 0.1) is 0 Å². The molecular formula is C16H15BrO4. The summed E-state index contributed by atoms with van der Waals surface area (Å²) in [6.45, 7) is 0.0904. The largest absolute Gasteiger partial charge is 0.497 e. The molecule has 1 unspecified atom stereocenters. The van der Waals surface area contributed by atoms with Gasteiger partial charge in [-0.15, -0.1) is 0 Å². The smallest absolute Gasteiger partial charge is 0.151 e. The number of rotatable bonds is 6. The number of carbonyl (C=O) groups excluding carboxylic acids is 1. The molecular weight excluding hydrogens is 336 g/mol. The lowest BCUT2D eigenvalue weighted by Gasteiger charge is -2.14. The zero-order valence-corrected chi connectivity index (χ0v) is 13.0. The molecule has 0 aliphatic carbocycles. The summed E-state index contributed by atoms with van der Waals surface area (Å²) in [6, 6.07) is 12.3. The van der Waals surface area contributed by atoms with E-state index in [2.05, 4.69) is 15.9 Å². The Hall–Kier alpha value is -1.85. The van der Waals surface area contributed by atoms with Crippen LogP contribution in [0.5, 0.6) is 11.5 Å². The average Bonchev–Trinajstić information content (AvgIpc) is 2.53. The van der Waals surface area contributed by atoms with E-state index >= 15 is 0 Å². The van der Waals surface area contributed by atoms with Crippen LogP contribution in [-0.4, -0.2) is 25.1 Å². The van der Waals surface area contributed by atoms with E-state index in [1.165, 1.54) is 0 Å². The normalized spacial score (nSPS) is 11.8. The molecule has 0 aliphatic heterocycles. The van der Waals surface area contributed by atoms with Gasteiger partial charge in [0.25, 0.3) is 0 Å². The van der Waals surface area contributed by atoms with Gasteiger partial charge in [0.2, 0.25) is 0 Å². The van der Waals surface area contributed by atoms with Crippen LogP contribution in [0.15, 0.2) is 46.9 Å². The Bertz CT molecular complexity index is 627. The van der Waals surface area contributed by atoms with Crippen LogP contribution in [0.2, 0.25) is 0 Å². The number of halogens is 1. The number of aliphatic hydroxyl groups excluding tert-OH is 1. The fraction of sp³-hybridized carbons (Fsp3) is 0.188. The van der Waals surface area contributed by atoms with Gasteiger partial charge in [0.15, 0.2) is 6.29 Å². The first-order chi connectivity index (χ1) is 10.1. The molecule has 0 fully saturated rings. The monoisotopic (exact) mass is 350 g/mol. The Morgan fingerprint density at radius 1 is 1.24 bits per heavy atom. The highest BCUT2D eigenvalue weighted by molar-refractivity contribution is 9.10. The maximum absolute atomic E-state index is 10.9. The maximum Gasteiger partial charge on any atom is 0.151 e. The predicted molar refractivity (Wildman–Crippen MR) is 83.0 cm³/mol. The minimum absolute atomic E-state index is 0.0904. The second-order valence-corrected chi connectivity index (χ2v) is 5.26. The van der Waals surface area contributed by atoms with Gasteiger partial charge in [-0.1, -0.05) is 28.1 Å². The molecule has 21 heavy (non-hydrogen) atoms. The van der Waals surface area contributed by atoms with Gasteiger partial charge in [-0.3, -0.25) is 4.79 Å². The molecule has 110 valence electrons. The standard InChI is InChI=1S/C16H15BrO4/c1-20-13-4-2-3-11(7-13)16(19)10-21-14-5-6-15(17)12(8-14)9-18/h2-9,16,19H,10H2,1H3. The van der Waals surface area contributed by atoms with Crippen LogP contribution >= 0.6 is 15.9 Å². The van der Waals surface area contributed by atoms with Gasteiger partial charge in [-0.05, 0) is 35.9 Å². The zero-order chi connectivity index (χ0) is 15.2. The van der Waals surface area contributed by atoms with Crippen LogP contribution in [-0.2, 0) is 0 Å². The fourth-order valence-corrected chi connectivity index (χ4v) is 2.16. The summed E-state index contributed by atoms with van der Waals surface area (Å²) in [5.41, 5.74) is 1.21. The highest BCUT2D eigenvalue weighted by Crippen LogP contribution is 2.23. The lowest BCUT2D eigenvalue weighted by Crippen LogP contribution is -2.10. The first-order valence-electron chi connectivity index (χ1n) is 6.33. The number of aldehydes is 1. The van der Waals surface area contributed by atoms with Crippen LogP contribution in [0.25, 0.3) is 0 Å². The first kappa shape index (κ1) is 15.5. The van der Waals surface area contributed by atoms with Crippen molar-refractivity contribution in [2.45, 2.75) is 6.10 Å². The lowest BCUT2D eigenvalue weighted by molar-refractivity contribution is 0.107. The molecule has 0 spiro atoms. The van der Waals surface area contributed by atoms with Gasteiger partial charge < -0.3 is 14.6 Å². The minimum Gasteiger partial charge on any atom is -0.497 e. The van der Waals surface area contributed by atoms with Crippen LogP contribution < -0.4 is 9.47 Å². The number of hydrogen-bond acceptors (Lipinski definition) is 4. The predicted octanol–water partition coefficient (Wildman–Crippen LogP) is 3.38. The van der Waals surface area contributed by atoms with Gasteiger partial charge in [0, 0.05) is 10.0 Å². The Kier molecular flexibility index (Phi) is 5.36. The summed E-state index contributed by atoms with van der Waals surface area (Å²) in [4.78, 5) is 10.9. The molecule has 0 aliphatic rings. The van der Waals surface area contributed by atoms with Crippen molar-refractivity contribution in [2.75, 3.05) is 13.7 Å². The van der Waals surface area contributed by atoms with Crippen LogP contribution in [0.4, 0.5) is 0 Å². The third-order valence-electron chi connectivity index (χ3n) is 2.98. The van der Waals surface area contributed by atoms with Gasteiger partial charge in [-0.25, -0.2) is 0 Å². The zero-order valence-electron chi connectivity index (χ0n) is 11.5. The number of benzene rings is 2. The van der Waals surface area contributed by atoms with Gasteiger partial charge in [0.05, 0.1) is 7.11 Å². The van der Waals surface area contributed by atoms with Crippen LogP contribution in [0.1, 0.15) is 22.0 Å².